The number of hydrogen-bond acceptors (Lipinski definition) is 5. The average Bonchev–Trinajstić information content (AvgIpc) is 3.13. The molecule has 0 radical (unpaired) electrons. The summed E-state index contributed by atoms with van der Waals surface area (Å²) in [7, 11) is 0. The molecule has 2 aromatic heterocycles. The summed E-state index contributed by atoms with van der Waals surface area (Å²) in [4.78, 5) is 16.5. The molecule has 2 heterocycles. The first-order valence-electron chi connectivity index (χ1n) is 6.95. The summed E-state index contributed by atoms with van der Waals surface area (Å²) < 4.78 is 7.32. The summed E-state index contributed by atoms with van der Waals surface area (Å²) in [5, 5.41) is 7.09. The van der Waals surface area contributed by atoms with Gasteiger partial charge in [0.2, 0.25) is 0 Å². The van der Waals surface area contributed by atoms with E-state index in [9.17, 15) is 4.79 Å². The molecule has 0 aliphatic rings. The van der Waals surface area contributed by atoms with Crippen LogP contribution in [0.15, 0.2) is 22.9 Å². The fourth-order valence-corrected chi connectivity index (χ4v) is 2.52. The molecule has 114 valence electrons. The van der Waals surface area contributed by atoms with Crippen molar-refractivity contribution < 1.29 is 9.21 Å². The molecular weight excluding hydrogens is 288 g/mol. The lowest BCUT2D eigenvalue weighted by Crippen LogP contribution is -2.30. The van der Waals surface area contributed by atoms with E-state index < -0.39 is 0 Å². The highest BCUT2D eigenvalue weighted by Gasteiger charge is 2.20. The predicted molar refractivity (Wildman–Crippen MR) is 82.1 cm³/mol. The highest BCUT2D eigenvalue weighted by Crippen LogP contribution is 2.17. The van der Waals surface area contributed by atoms with Gasteiger partial charge in [-0.05, 0) is 31.7 Å². The van der Waals surface area contributed by atoms with Crippen molar-refractivity contribution in [1.29, 1.82) is 0 Å². The minimum absolute atomic E-state index is 0.172. The van der Waals surface area contributed by atoms with E-state index in [0.29, 0.717) is 5.76 Å². The van der Waals surface area contributed by atoms with Crippen LogP contribution < -0.4 is 5.32 Å². The van der Waals surface area contributed by atoms with Gasteiger partial charge >= 0.3 is 0 Å². The monoisotopic (exact) mass is 308 g/mol. The lowest BCUT2D eigenvalue weighted by Gasteiger charge is -2.16. The summed E-state index contributed by atoms with van der Waals surface area (Å²) in [6, 6.07) is 3.37. The Morgan fingerprint density at radius 1 is 1.48 bits per heavy atom. The van der Waals surface area contributed by atoms with Gasteiger partial charge in [0.25, 0.3) is 5.91 Å². The molecule has 0 bridgehead atoms. The Kier molecular flexibility index (Phi) is 5.44. The van der Waals surface area contributed by atoms with Crippen molar-refractivity contribution >= 4 is 17.7 Å². The lowest BCUT2D eigenvalue weighted by atomic mass is 10.2. The van der Waals surface area contributed by atoms with Gasteiger partial charge in [-0.1, -0.05) is 6.92 Å². The molecule has 1 amide bonds. The van der Waals surface area contributed by atoms with Gasteiger partial charge in [0, 0.05) is 6.54 Å². The van der Waals surface area contributed by atoms with E-state index in [1.54, 1.807) is 22.5 Å². The largest absolute Gasteiger partial charge is 0.455 e. The third kappa shape index (κ3) is 3.66. The number of rotatable bonds is 7. The maximum Gasteiger partial charge on any atom is 0.287 e. The Bertz CT molecular complexity index is 593. The molecule has 0 aliphatic carbocycles. The number of aromatic nitrogens is 3. The van der Waals surface area contributed by atoms with E-state index in [-0.39, 0.29) is 11.9 Å². The van der Waals surface area contributed by atoms with Crippen molar-refractivity contribution in [3.63, 3.8) is 0 Å². The Morgan fingerprint density at radius 3 is 2.95 bits per heavy atom. The molecule has 2 rings (SSSR count). The number of aryl methyl sites for hydroxylation is 1. The van der Waals surface area contributed by atoms with Gasteiger partial charge in [-0.3, -0.25) is 4.79 Å². The normalized spacial score (nSPS) is 12.3. The van der Waals surface area contributed by atoms with Crippen LogP contribution in [-0.4, -0.2) is 26.9 Å². The average molecular weight is 308 g/mol. The second-order valence-corrected chi connectivity index (χ2v) is 5.43. The minimum Gasteiger partial charge on any atom is -0.455 e. The zero-order valence-electron chi connectivity index (χ0n) is 12.5. The Morgan fingerprint density at radius 2 is 2.29 bits per heavy atom. The van der Waals surface area contributed by atoms with E-state index >= 15 is 0 Å². The molecule has 1 N–H and O–H groups in total. The maximum atomic E-state index is 12.3. The van der Waals surface area contributed by atoms with Crippen molar-refractivity contribution in [2.24, 2.45) is 0 Å². The second kappa shape index (κ2) is 7.31. The molecule has 7 heteroatoms. The molecule has 0 fully saturated rings. The maximum absolute atomic E-state index is 12.3. The summed E-state index contributed by atoms with van der Waals surface area (Å²) >= 11 is 1.65. The van der Waals surface area contributed by atoms with Gasteiger partial charge in [0.15, 0.2) is 5.76 Å². The molecular formula is C14H20N4O2S. The van der Waals surface area contributed by atoms with Gasteiger partial charge in [-0.15, -0.1) is 0 Å². The number of furan rings is 1. The number of thioether (sulfide) groups is 1. The van der Waals surface area contributed by atoms with E-state index in [1.165, 1.54) is 6.33 Å². The molecule has 0 aromatic carbocycles. The summed E-state index contributed by atoms with van der Waals surface area (Å²) in [6.45, 7) is 4.72. The quantitative estimate of drug-likeness (QED) is 0.851. The number of carbonyl (C=O) groups is 1. The van der Waals surface area contributed by atoms with Gasteiger partial charge in [-0.2, -0.15) is 16.9 Å². The van der Waals surface area contributed by atoms with Crippen molar-refractivity contribution in [2.45, 2.75) is 38.6 Å². The molecule has 2 aromatic rings. The van der Waals surface area contributed by atoms with Crippen LogP contribution in [0.5, 0.6) is 0 Å². The Hall–Kier alpha value is -1.76. The zero-order valence-corrected chi connectivity index (χ0v) is 13.3. The number of amides is 1. The third-order valence-electron chi connectivity index (χ3n) is 3.14. The fraction of sp³-hybridized carbons (Fsp3) is 0.500. The number of hydrogen-bond donors (Lipinski definition) is 1. The third-order valence-corrected chi connectivity index (χ3v) is 3.72. The number of nitrogens with one attached hydrogen (secondary N) is 1. The van der Waals surface area contributed by atoms with Crippen LogP contribution >= 0.6 is 11.8 Å². The predicted octanol–water partition coefficient (Wildman–Crippen LogP) is 2.64. The molecule has 0 saturated heterocycles. The van der Waals surface area contributed by atoms with Gasteiger partial charge in [0.05, 0.1) is 11.8 Å². The van der Waals surface area contributed by atoms with Crippen LogP contribution in [0.2, 0.25) is 0 Å². The van der Waals surface area contributed by atoms with Crippen LogP contribution in [0, 0.1) is 0 Å². The van der Waals surface area contributed by atoms with Crippen molar-refractivity contribution in [2.75, 3.05) is 6.26 Å². The van der Waals surface area contributed by atoms with Crippen molar-refractivity contribution in [3.05, 3.63) is 35.8 Å². The first-order chi connectivity index (χ1) is 10.2. The van der Waals surface area contributed by atoms with E-state index in [1.807, 2.05) is 26.2 Å². The number of carbonyl (C=O) groups excluding carboxylic acids is 1. The molecule has 0 spiro atoms. The second-order valence-electron chi connectivity index (χ2n) is 4.57. The van der Waals surface area contributed by atoms with Crippen LogP contribution in [0.1, 0.15) is 48.4 Å². The Balaban J connectivity index is 2.08. The standard InChI is InChI=1S/C14H20N4O2S/c1-4-11(13-15-9-16-18(13)5-2)17-14(19)12-7-6-10(20-12)8-21-3/h6-7,9,11H,4-5,8H2,1-3H3,(H,17,19)/t11-/m1/s1. The molecule has 1 atom stereocenters. The van der Waals surface area contributed by atoms with Crippen molar-refractivity contribution in [1.82, 2.24) is 20.1 Å². The van der Waals surface area contributed by atoms with Crippen LogP contribution in [-0.2, 0) is 12.3 Å². The first kappa shape index (κ1) is 15.6. The smallest absolute Gasteiger partial charge is 0.287 e. The van der Waals surface area contributed by atoms with E-state index in [2.05, 4.69) is 15.4 Å². The van der Waals surface area contributed by atoms with Crippen LogP contribution in [0.25, 0.3) is 0 Å². The highest BCUT2D eigenvalue weighted by molar-refractivity contribution is 7.97. The molecule has 6 nitrogen and oxygen atoms in total. The fourth-order valence-electron chi connectivity index (χ4n) is 2.08. The molecule has 0 saturated carbocycles. The Labute approximate surface area is 128 Å². The minimum atomic E-state index is -0.222. The number of nitrogens with zero attached hydrogens (tertiary/aromatic N) is 3. The summed E-state index contributed by atoms with van der Waals surface area (Å²) in [6.07, 6.45) is 4.24. The van der Waals surface area contributed by atoms with Gasteiger partial charge in [-0.25, -0.2) is 9.67 Å². The highest BCUT2D eigenvalue weighted by atomic mass is 32.2. The first-order valence-corrected chi connectivity index (χ1v) is 8.35. The molecule has 0 unspecified atom stereocenters. The lowest BCUT2D eigenvalue weighted by molar-refractivity contribution is 0.0903. The summed E-state index contributed by atoms with van der Waals surface area (Å²) in [5.41, 5.74) is 0. The molecule has 0 aliphatic heterocycles. The van der Waals surface area contributed by atoms with Crippen LogP contribution in [0.4, 0.5) is 0 Å². The summed E-state index contributed by atoms with van der Waals surface area (Å²) in [5.74, 6) is 2.44. The van der Waals surface area contributed by atoms with Gasteiger partial charge < -0.3 is 9.73 Å². The topological polar surface area (TPSA) is 73.0 Å². The van der Waals surface area contributed by atoms with Gasteiger partial charge in [0.1, 0.15) is 17.9 Å². The molecule has 21 heavy (non-hydrogen) atoms. The van der Waals surface area contributed by atoms with E-state index in [4.69, 9.17) is 4.42 Å². The SMILES string of the molecule is CC[C@@H](NC(=O)c1ccc(CSC)o1)c1ncnn1CC. The zero-order chi connectivity index (χ0) is 15.2. The van der Waals surface area contributed by atoms with Crippen LogP contribution in [0.3, 0.4) is 0 Å². The van der Waals surface area contributed by atoms with Crippen molar-refractivity contribution in [3.8, 4) is 0 Å². The van der Waals surface area contributed by atoms with E-state index in [0.717, 1.165) is 30.3 Å².